The maximum absolute atomic E-state index is 11.5. The van der Waals surface area contributed by atoms with Gasteiger partial charge in [0.15, 0.2) is 13.2 Å². The Bertz CT molecular complexity index is 577. The van der Waals surface area contributed by atoms with Gasteiger partial charge in [-0.25, -0.2) is 9.59 Å². The number of ether oxygens (including phenoxy) is 2. The summed E-state index contributed by atoms with van der Waals surface area (Å²) in [6.07, 6.45) is 0.745. The number of halogens is 1. The largest absolute Gasteiger partial charge is 0.480 e. The molecule has 0 heterocycles. The van der Waals surface area contributed by atoms with E-state index in [0.717, 1.165) is 12.0 Å². The summed E-state index contributed by atoms with van der Waals surface area (Å²) < 4.78 is 9.93. The maximum atomic E-state index is 11.5. The molecule has 23 heavy (non-hydrogen) atoms. The minimum atomic E-state index is -0.744. The molecule has 0 aliphatic carbocycles. The van der Waals surface area contributed by atoms with Crippen molar-refractivity contribution in [2.45, 2.75) is 20.3 Å². The quantitative estimate of drug-likeness (QED) is 0.737. The van der Waals surface area contributed by atoms with Crippen molar-refractivity contribution in [3.05, 3.63) is 28.8 Å². The standard InChI is InChI=1S/C15H19ClN2O5/c1-3-6-17-15(21)18-13(19)8-23-14(20)9-22-12-7-10(2)4-5-11(12)16/h4-5,7H,3,6,8-9H2,1-2H3,(H2,17,18,19,21). The van der Waals surface area contributed by atoms with Gasteiger partial charge in [-0.2, -0.15) is 0 Å². The van der Waals surface area contributed by atoms with E-state index >= 15 is 0 Å². The number of aryl methyl sites for hydroxylation is 1. The number of amides is 3. The van der Waals surface area contributed by atoms with Gasteiger partial charge in [0, 0.05) is 6.54 Å². The normalized spacial score (nSPS) is 9.87. The molecule has 126 valence electrons. The number of rotatable bonds is 7. The fourth-order valence-electron chi connectivity index (χ4n) is 1.49. The molecule has 0 aromatic heterocycles. The Morgan fingerprint density at radius 1 is 1.22 bits per heavy atom. The lowest BCUT2D eigenvalue weighted by atomic mass is 10.2. The maximum Gasteiger partial charge on any atom is 0.344 e. The SMILES string of the molecule is CCCNC(=O)NC(=O)COC(=O)COc1cc(C)ccc1Cl. The molecule has 0 atom stereocenters. The fraction of sp³-hybridized carbons (Fsp3) is 0.400. The number of urea groups is 1. The lowest BCUT2D eigenvalue weighted by molar-refractivity contribution is -0.150. The number of carbonyl (C=O) groups is 3. The molecular formula is C15H19ClN2O5. The molecule has 1 aromatic rings. The highest BCUT2D eigenvalue weighted by molar-refractivity contribution is 6.32. The van der Waals surface area contributed by atoms with Gasteiger partial charge in [0.25, 0.3) is 5.91 Å². The molecule has 0 fully saturated rings. The van der Waals surface area contributed by atoms with Crippen LogP contribution in [0.15, 0.2) is 18.2 Å². The van der Waals surface area contributed by atoms with E-state index in [0.29, 0.717) is 17.3 Å². The van der Waals surface area contributed by atoms with Crippen molar-refractivity contribution in [2.24, 2.45) is 0 Å². The number of esters is 1. The van der Waals surface area contributed by atoms with Crippen LogP contribution in [0.1, 0.15) is 18.9 Å². The minimum absolute atomic E-state index is 0.354. The van der Waals surface area contributed by atoms with Crippen molar-refractivity contribution < 1.29 is 23.9 Å². The van der Waals surface area contributed by atoms with Gasteiger partial charge in [-0.15, -0.1) is 0 Å². The van der Waals surface area contributed by atoms with Crippen LogP contribution < -0.4 is 15.4 Å². The van der Waals surface area contributed by atoms with Crippen molar-refractivity contribution in [1.29, 1.82) is 0 Å². The zero-order valence-corrected chi connectivity index (χ0v) is 13.7. The van der Waals surface area contributed by atoms with E-state index in [1.54, 1.807) is 18.2 Å². The van der Waals surface area contributed by atoms with Crippen molar-refractivity contribution in [2.75, 3.05) is 19.8 Å². The van der Waals surface area contributed by atoms with Crippen LogP contribution in [0.25, 0.3) is 0 Å². The summed E-state index contributed by atoms with van der Waals surface area (Å²) in [5, 5.41) is 4.86. The highest BCUT2D eigenvalue weighted by Crippen LogP contribution is 2.25. The van der Waals surface area contributed by atoms with E-state index in [-0.39, 0.29) is 0 Å². The first-order valence-corrected chi connectivity index (χ1v) is 7.42. The third-order valence-corrected chi connectivity index (χ3v) is 2.90. The number of nitrogens with one attached hydrogen (secondary N) is 2. The van der Waals surface area contributed by atoms with Crippen LogP contribution in [0.3, 0.4) is 0 Å². The van der Waals surface area contributed by atoms with E-state index in [4.69, 9.17) is 21.1 Å². The number of hydrogen-bond acceptors (Lipinski definition) is 5. The van der Waals surface area contributed by atoms with E-state index in [1.165, 1.54) is 0 Å². The first-order valence-electron chi connectivity index (χ1n) is 7.04. The molecule has 0 bridgehead atoms. The van der Waals surface area contributed by atoms with Gasteiger partial charge in [-0.3, -0.25) is 10.1 Å². The summed E-state index contributed by atoms with van der Waals surface area (Å²) in [4.78, 5) is 34.1. The van der Waals surface area contributed by atoms with Crippen LogP contribution in [0, 0.1) is 6.92 Å². The van der Waals surface area contributed by atoms with Crippen LogP contribution >= 0.6 is 11.6 Å². The van der Waals surface area contributed by atoms with Crippen LogP contribution in [-0.4, -0.2) is 37.7 Å². The molecule has 0 saturated heterocycles. The molecule has 0 radical (unpaired) electrons. The predicted molar refractivity (Wildman–Crippen MR) is 84.5 cm³/mol. The molecule has 1 rings (SSSR count). The van der Waals surface area contributed by atoms with E-state index < -0.39 is 31.1 Å². The second-order valence-electron chi connectivity index (χ2n) is 4.69. The monoisotopic (exact) mass is 342 g/mol. The summed E-state index contributed by atoms with van der Waals surface area (Å²) in [6, 6.07) is 4.51. The molecule has 3 amide bonds. The molecule has 0 unspecified atom stereocenters. The van der Waals surface area contributed by atoms with Crippen LogP contribution in [-0.2, 0) is 14.3 Å². The fourth-order valence-corrected chi connectivity index (χ4v) is 1.66. The van der Waals surface area contributed by atoms with E-state index in [1.807, 2.05) is 19.2 Å². The summed E-state index contributed by atoms with van der Waals surface area (Å²) in [7, 11) is 0. The van der Waals surface area contributed by atoms with Gasteiger partial charge in [0.2, 0.25) is 0 Å². The van der Waals surface area contributed by atoms with Gasteiger partial charge in [0.1, 0.15) is 5.75 Å². The molecule has 0 aliphatic heterocycles. The zero-order chi connectivity index (χ0) is 17.2. The molecule has 0 spiro atoms. The summed E-state index contributed by atoms with van der Waals surface area (Å²) in [6.45, 7) is 3.23. The second kappa shape index (κ2) is 9.68. The second-order valence-corrected chi connectivity index (χ2v) is 5.09. The zero-order valence-electron chi connectivity index (χ0n) is 13.0. The first-order chi connectivity index (χ1) is 10.9. The Hall–Kier alpha value is -2.28. The molecular weight excluding hydrogens is 324 g/mol. The van der Waals surface area contributed by atoms with Gasteiger partial charge < -0.3 is 14.8 Å². The number of imide groups is 1. The highest BCUT2D eigenvalue weighted by Gasteiger charge is 2.12. The van der Waals surface area contributed by atoms with Crippen LogP contribution in [0.2, 0.25) is 5.02 Å². The molecule has 2 N–H and O–H groups in total. The van der Waals surface area contributed by atoms with Gasteiger partial charge >= 0.3 is 12.0 Å². The minimum Gasteiger partial charge on any atom is -0.480 e. The average molecular weight is 343 g/mol. The Morgan fingerprint density at radius 2 is 1.96 bits per heavy atom. The van der Waals surface area contributed by atoms with E-state index in [9.17, 15) is 14.4 Å². The lowest BCUT2D eigenvalue weighted by Gasteiger charge is -2.09. The highest BCUT2D eigenvalue weighted by atomic mass is 35.5. The molecule has 7 nitrogen and oxygen atoms in total. The van der Waals surface area contributed by atoms with Gasteiger partial charge in [-0.1, -0.05) is 24.6 Å². The molecule has 8 heteroatoms. The smallest absolute Gasteiger partial charge is 0.344 e. The average Bonchev–Trinajstić information content (AvgIpc) is 2.51. The van der Waals surface area contributed by atoms with Crippen molar-refractivity contribution in [3.63, 3.8) is 0 Å². The number of hydrogen-bond donors (Lipinski definition) is 2. The lowest BCUT2D eigenvalue weighted by Crippen LogP contribution is -2.41. The Labute approximate surface area is 139 Å². The summed E-state index contributed by atoms with van der Waals surface area (Å²) in [5.41, 5.74) is 0.926. The third kappa shape index (κ3) is 7.51. The summed E-state index contributed by atoms with van der Waals surface area (Å²) in [5.74, 6) is -1.11. The molecule has 0 aliphatic rings. The number of carbonyl (C=O) groups excluding carboxylic acids is 3. The van der Waals surface area contributed by atoms with Crippen molar-refractivity contribution >= 4 is 29.5 Å². The van der Waals surface area contributed by atoms with Crippen LogP contribution in [0.5, 0.6) is 5.75 Å². The predicted octanol–water partition coefficient (Wildman–Crippen LogP) is 1.81. The van der Waals surface area contributed by atoms with Crippen LogP contribution in [0.4, 0.5) is 4.79 Å². The Balaban J connectivity index is 2.30. The Morgan fingerprint density at radius 3 is 2.65 bits per heavy atom. The van der Waals surface area contributed by atoms with E-state index in [2.05, 4.69) is 5.32 Å². The van der Waals surface area contributed by atoms with Crippen molar-refractivity contribution in [3.8, 4) is 5.75 Å². The molecule has 0 saturated carbocycles. The van der Waals surface area contributed by atoms with Gasteiger partial charge in [-0.05, 0) is 31.0 Å². The third-order valence-electron chi connectivity index (χ3n) is 2.58. The van der Waals surface area contributed by atoms with Crippen molar-refractivity contribution in [1.82, 2.24) is 10.6 Å². The Kier molecular flexibility index (Phi) is 7.90. The topological polar surface area (TPSA) is 93.7 Å². The summed E-state index contributed by atoms with van der Waals surface area (Å²) >= 11 is 5.92. The number of benzene rings is 1. The first kappa shape index (κ1) is 18.8. The van der Waals surface area contributed by atoms with Gasteiger partial charge in [0.05, 0.1) is 5.02 Å². The molecule has 1 aromatic carbocycles.